The van der Waals surface area contributed by atoms with Crippen LogP contribution in [0.25, 0.3) is 5.57 Å². The lowest BCUT2D eigenvalue weighted by molar-refractivity contribution is 0.299. The summed E-state index contributed by atoms with van der Waals surface area (Å²) in [4.78, 5) is 0. The number of hydrogen-bond donors (Lipinski definition) is 1. The summed E-state index contributed by atoms with van der Waals surface area (Å²) in [6.07, 6.45) is 9.35. The van der Waals surface area contributed by atoms with Gasteiger partial charge in [0.25, 0.3) is 0 Å². The summed E-state index contributed by atoms with van der Waals surface area (Å²) >= 11 is 0. The second-order valence-electron chi connectivity index (χ2n) is 7.34. The average molecular weight is 438 g/mol. The summed E-state index contributed by atoms with van der Waals surface area (Å²) < 4.78 is 16.7. The lowest BCUT2D eigenvalue weighted by Crippen LogP contribution is -1.99. The lowest BCUT2D eigenvalue weighted by atomic mass is 10.1. The van der Waals surface area contributed by atoms with Crippen LogP contribution >= 0.6 is 0 Å². The highest BCUT2D eigenvalue weighted by Gasteiger charge is 2.02. The van der Waals surface area contributed by atoms with Gasteiger partial charge in [-0.3, -0.25) is 0 Å². The van der Waals surface area contributed by atoms with E-state index in [-0.39, 0.29) is 0 Å². The van der Waals surface area contributed by atoms with Crippen LogP contribution in [0.15, 0.2) is 103 Å². The smallest absolute Gasteiger partial charge is 0.183 e. The molecule has 0 unspecified atom stereocenters. The van der Waals surface area contributed by atoms with Crippen LogP contribution in [0.1, 0.15) is 18.1 Å². The zero-order chi connectivity index (χ0) is 23.6. The zero-order valence-electron chi connectivity index (χ0n) is 19.1. The van der Waals surface area contributed by atoms with E-state index in [1.165, 1.54) is 5.56 Å². The highest BCUT2D eigenvalue weighted by atomic mass is 16.5. The van der Waals surface area contributed by atoms with E-state index in [1.807, 2.05) is 92.7 Å². The third-order valence-corrected chi connectivity index (χ3v) is 4.81. The van der Waals surface area contributed by atoms with Crippen LogP contribution in [-0.4, -0.2) is 7.11 Å². The third kappa shape index (κ3) is 7.09. The van der Waals surface area contributed by atoms with Gasteiger partial charge < -0.3 is 19.5 Å². The van der Waals surface area contributed by atoms with Crippen LogP contribution in [0.3, 0.4) is 0 Å². The molecule has 0 spiro atoms. The molecular weight excluding hydrogens is 410 g/mol. The van der Waals surface area contributed by atoms with E-state index < -0.39 is 0 Å². The summed E-state index contributed by atoms with van der Waals surface area (Å²) in [5, 5.41) is 3.02. The fourth-order valence-corrected chi connectivity index (χ4v) is 2.88. The van der Waals surface area contributed by atoms with E-state index in [4.69, 9.17) is 20.6 Å². The van der Waals surface area contributed by atoms with Gasteiger partial charge in [0.1, 0.15) is 17.2 Å². The van der Waals surface area contributed by atoms with Crippen molar-refractivity contribution in [3.8, 4) is 29.6 Å². The second kappa shape index (κ2) is 11.3. The Morgan fingerprint density at radius 1 is 0.879 bits per heavy atom. The van der Waals surface area contributed by atoms with Gasteiger partial charge in [-0.25, -0.2) is 0 Å². The Hall–Kier alpha value is -4.36. The molecule has 0 bridgehead atoms. The highest BCUT2D eigenvalue weighted by Crippen LogP contribution is 2.24. The molecule has 4 nitrogen and oxygen atoms in total. The minimum Gasteiger partial charge on any atom is -0.483 e. The van der Waals surface area contributed by atoms with Gasteiger partial charge in [-0.15, -0.1) is 6.42 Å². The molecule has 3 rings (SSSR count). The molecule has 0 fully saturated rings. The molecule has 0 aromatic heterocycles. The van der Waals surface area contributed by atoms with E-state index in [0.29, 0.717) is 17.4 Å². The van der Waals surface area contributed by atoms with Gasteiger partial charge in [0.2, 0.25) is 0 Å². The van der Waals surface area contributed by atoms with Crippen molar-refractivity contribution in [2.75, 3.05) is 12.4 Å². The van der Waals surface area contributed by atoms with Crippen LogP contribution in [0, 0.1) is 19.3 Å². The molecule has 0 saturated heterocycles. The number of terminal acetylenes is 1. The third-order valence-electron chi connectivity index (χ3n) is 4.81. The Morgan fingerprint density at radius 3 is 2.03 bits per heavy atom. The van der Waals surface area contributed by atoms with Gasteiger partial charge in [0.05, 0.1) is 7.11 Å². The fraction of sp³-hybridized carbons (Fsp3) is 0.103. The van der Waals surface area contributed by atoms with Crippen molar-refractivity contribution >= 4 is 11.3 Å². The van der Waals surface area contributed by atoms with Crippen molar-refractivity contribution in [3.63, 3.8) is 0 Å². The molecule has 0 aliphatic heterocycles. The Bertz CT molecular complexity index is 1180. The summed E-state index contributed by atoms with van der Waals surface area (Å²) in [7, 11) is 1.56. The molecule has 3 aromatic rings. The van der Waals surface area contributed by atoms with Gasteiger partial charge in [-0.1, -0.05) is 35.9 Å². The first kappa shape index (κ1) is 23.3. The summed E-state index contributed by atoms with van der Waals surface area (Å²) in [6, 6.07) is 23.2. The molecule has 0 aliphatic carbocycles. The number of hydrogen-bond acceptors (Lipinski definition) is 4. The molecule has 166 valence electrons. The Labute approximate surface area is 195 Å². The molecule has 1 N–H and O–H groups in total. The molecule has 0 aliphatic rings. The number of rotatable bonds is 9. The van der Waals surface area contributed by atoms with E-state index in [9.17, 15) is 0 Å². The maximum absolute atomic E-state index is 5.89. The standard InChI is InChI=1S/C29H27NO3/c1-6-26(32-29-19-12-25(13-20-29)30-23(4)31-5)16-9-22(3)24-10-17-28(18-11-24)33-27-14-7-21(2)8-15-27/h1,7-20,30H,4H2,2-3,5H3/b22-9+,26-16+. The van der Waals surface area contributed by atoms with E-state index in [0.717, 1.165) is 28.3 Å². The molecule has 4 heteroatoms. The van der Waals surface area contributed by atoms with Gasteiger partial charge in [-0.2, -0.15) is 0 Å². The van der Waals surface area contributed by atoms with Crippen molar-refractivity contribution in [1.29, 1.82) is 0 Å². The van der Waals surface area contributed by atoms with E-state index >= 15 is 0 Å². The summed E-state index contributed by atoms with van der Waals surface area (Å²) in [5.74, 6) is 5.68. The molecular formula is C29H27NO3. The number of nitrogens with one attached hydrogen (secondary N) is 1. The number of allylic oxidation sites excluding steroid dienone is 4. The maximum atomic E-state index is 5.89. The maximum Gasteiger partial charge on any atom is 0.183 e. The van der Waals surface area contributed by atoms with Crippen LogP contribution < -0.4 is 14.8 Å². The Kier molecular flexibility index (Phi) is 7.99. The molecule has 0 radical (unpaired) electrons. The number of aryl methyl sites for hydroxylation is 1. The first-order valence-corrected chi connectivity index (χ1v) is 10.4. The van der Waals surface area contributed by atoms with Gasteiger partial charge in [-0.05, 0) is 92.1 Å². The van der Waals surface area contributed by atoms with Crippen molar-refractivity contribution in [1.82, 2.24) is 0 Å². The SMILES string of the molecule is C#C/C(=C\C=C(/C)c1ccc(Oc2ccc(C)cc2)cc1)Oc1ccc(NC(=C)OC)cc1. The first-order chi connectivity index (χ1) is 16.0. The second-order valence-corrected chi connectivity index (χ2v) is 7.34. The molecule has 33 heavy (non-hydrogen) atoms. The predicted molar refractivity (Wildman–Crippen MR) is 135 cm³/mol. The van der Waals surface area contributed by atoms with E-state index in [2.05, 4.69) is 17.8 Å². The van der Waals surface area contributed by atoms with Crippen LogP contribution in [0.5, 0.6) is 17.2 Å². The lowest BCUT2D eigenvalue weighted by Gasteiger charge is -2.09. The fourth-order valence-electron chi connectivity index (χ4n) is 2.88. The zero-order valence-corrected chi connectivity index (χ0v) is 19.1. The predicted octanol–water partition coefficient (Wildman–Crippen LogP) is 7.32. The first-order valence-electron chi connectivity index (χ1n) is 10.4. The molecule has 0 saturated carbocycles. The van der Waals surface area contributed by atoms with Crippen molar-refractivity contribution in [3.05, 3.63) is 114 Å². The van der Waals surface area contributed by atoms with Crippen molar-refractivity contribution in [2.24, 2.45) is 0 Å². The monoisotopic (exact) mass is 437 g/mol. The van der Waals surface area contributed by atoms with Gasteiger partial charge in [0, 0.05) is 5.69 Å². The average Bonchev–Trinajstić information content (AvgIpc) is 2.84. The van der Waals surface area contributed by atoms with E-state index in [1.54, 1.807) is 13.2 Å². The number of benzene rings is 3. The number of ether oxygens (including phenoxy) is 3. The van der Waals surface area contributed by atoms with Gasteiger partial charge in [0.15, 0.2) is 11.6 Å². The number of methoxy groups -OCH3 is 1. The summed E-state index contributed by atoms with van der Waals surface area (Å²) in [6.45, 7) is 7.80. The van der Waals surface area contributed by atoms with Gasteiger partial charge >= 0.3 is 0 Å². The normalized spacial score (nSPS) is 11.3. The van der Waals surface area contributed by atoms with Crippen LogP contribution in [0.4, 0.5) is 5.69 Å². The summed E-state index contributed by atoms with van der Waals surface area (Å²) in [5.41, 5.74) is 4.15. The van der Waals surface area contributed by atoms with Crippen molar-refractivity contribution < 1.29 is 14.2 Å². The quantitative estimate of drug-likeness (QED) is 0.216. The Morgan fingerprint density at radius 2 is 1.45 bits per heavy atom. The largest absolute Gasteiger partial charge is 0.483 e. The topological polar surface area (TPSA) is 39.7 Å². The van der Waals surface area contributed by atoms with Crippen LogP contribution in [-0.2, 0) is 4.74 Å². The minimum absolute atomic E-state index is 0.413. The highest BCUT2D eigenvalue weighted by molar-refractivity contribution is 5.66. The van der Waals surface area contributed by atoms with Crippen LogP contribution in [0.2, 0.25) is 0 Å². The molecule has 0 amide bonds. The minimum atomic E-state index is 0.413. The van der Waals surface area contributed by atoms with Crippen molar-refractivity contribution in [2.45, 2.75) is 13.8 Å². The molecule has 0 heterocycles. The molecule has 0 atom stereocenters. The molecule has 3 aromatic carbocycles. The Balaban J connectivity index is 1.63. The number of anilines is 1.